The second kappa shape index (κ2) is 5.80. The summed E-state index contributed by atoms with van der Waals surface area (Å²) in [5.74, 6) is -0.143. The molecule has 1 heterocycles. The van der Waals surface area contributed by atoms with E-state index in [2.05, 4.69) is 16.9 Å². The van der Waals surface area contributed by atoms with Crippen LogP contribution < -0.4 is 0 Å². The molecule has 1 amide bonds. The monoisotopic (exact) mass is 241 g/mol. The Kier molecular flexibility index (Phi) is 4.68. The van der Waals surface area contributed by atoms with Gasteiger partial charge in [0.1, 0.15) is 10.8 Å². The van der Waals surface area contributed by atoms with Crippen LogP contribution in [-0.2, 0) is 0 Å². The predicted molar refractivity (Wildman–Crippen MR) is 63.5 cm³/mol. The number of rotatable bonds is 4. The summed E-state index contributed by atoms with van der Waals surface area (Å²) >= 11 is 5.69. The van der Waals surface area contributed by atoms with Crippen LogP contribution in [0.1, 0.15) is 37.2 Å². The number of hydrogen-bond acceptors (Lipinski definition) is 3. The summed E-state index contributed by atoms with van der Waals surface area (Å²) in [4.78, 5) is 21.4. The molecule has 0 saturated heterocycles. The predicted octanol–water partition coefficient (Wildman–Crippen LogP) is 2.39. The first-order chi connectivity index (χ1) is 7.56. The van der Waals surface area contributed by atoms with Crippen LogP contribution in [-0.4, -0.2) is 33.9 Å². The highest BCUT2D eigenvalue weighted by atomic mass is 35.5. The highest BCUT2D eigenvalue weighted by Crippen LogP contribution is 2.09. The number of hydrogen-bond donors (Lipinski definition) is 0. The van der Waals surface area contributed by atoms with Crippen LogP contribution in [0.15, 0.2) is 12.4 Å². The molecule has 1 aromatic rings. The largest absolute Gasteiger partial charge is 0.338 e. The van der Waals surface area contributed by atoms with Crippen molar-refractivity contribution in [1.82, 2.24) is 14.9 Å². The van der Waals surface area contributed by atoms with E-state index in [1.165, 1.54) is 12.4 Å². The average Bonchev–Trinajstić information content (AvgIpc) is 2.27. The number of carbonyl (C=O) groups is 1. The van der Waals surface area contributed by atoms with E-state index in [-0.39, 0.29) is 22.8 Å². The maximum atomic E-state index is 12.0. The Balaban J connectivity index is 2.77. The third kappa shape index (κ3) is 3.17. The molecule has 1 rings (SSSR count). The molecule has 0 aliphatic rings. The van der Waals surface area contributed by atoms with Crippen molar-refractivity contribution in [3.63, 3.8) is 0 Å². The van der Waals surface area contributed by atoms with Gasteiger partial charge < -0.3 is 4.90 Å². The van der Waals surface area contributed by atoms with Crippen molar-refractivity contribution in [3.05, 3.63) is 23.2 Å². The van der Waals surface area contributed by atoms with Crippen molar-refractivity contribution in [1.29, 1.82) is 0 Å². The van der Waals surface area contributed by atoms with Crippen LogP contribution in [0.2, 0.25) is 5.15 Å². The summed E-state index contributed by atoms with van der Waals surface area (Å²) in [6, 6.07) is 0.193. The zero-order valence-electron chi connectivity index (χ0n) is 9.77. The molecule has 0 bridgehead atoms. The molecule has 0 N–H and O–H groups in total. The van der Waals surface area contributed by atoms with E-state index >= 15 is 0 Å². The molecule has 4 nitrogen and oxygen atoms in total. The molecule has 0 fully saturated rings. The summed E-state index contributed by atoms with van der Waals surface area (Å²) in [6.45, 7) is 4.10. The highest BCUT2D eigenvalue weighted by Gasteiger charge is 2.18. The minimum absolute atomic E-state index is 0.143. The fourth-order valence-electron chi connectivity index (χ4n) is 1.44. The molecule has 0 aromatic carbocycles. The Labute approximate surface area is 101 Å². The van der Waals surface area contributed by atoms with E-state index in [1.807, 2.05) is 6.92 Å². The quantitative estimate of drug-likeness (QED) is 0.813. The van der Waals surface area contributed by atoms with Gasteiger partial charge in [-0.1, -0.05) is 24.9 Å². The topological polar surface area (TPSA) is 46.1 Å². The van der Waals surface area contributed by atoms with Crippen LogP contribution in [0.3, 0.4) is 0 Å². The number of aromatic nitrogens is 2. The third-order valence-corrected chi connectivity index (χ3v) is 2.69. The Morgan fingerprint density at radius 1 is 1.56 bits per heavy atom. The van der Waals surface area contributed by atoms with E-state index in [0.29, 0.717) is 0 Å². The van der Waals surface area contributed by atoms with Gasteiger partial charge in [0, 0.05) is 13.1 Å². The maximum absolute atomic E-state index is 12.0. The van der Waals surface area contributed by atoms with Crippen LogP contribution in [0.4, 0.5) is 0 Å². The zero-order chi connectivity index (χ0) is 12.1. The minimum Gasteiger partial charge on any atom is -0.338 e. The summed E-state index contributed by atoms with van der Waals surface area (Å²) in [5.41, 5.74) is 0.290. The van der Waals surface area contributed by atoms with Gasteiger partial charge in [0.05, 0.1) is 12.4 Å². The summed E-state index contributed by atoms with van der Waals surface area (Å²) < 4.78 is 0. The van der Waals surface area contributed by atoms with E-state index in [0.717, 1.165) is 12.8 Å². The van der Waals surface area contributed by atoms with Crippen molar-refractivity contribution < 1.29 is 4.79 Å². The van der Waals surface area contributed by atoms with Gasteiger partial charge in [-0.05, 0) is 13.3 Å². The van der Waals surface area contributed by atoms with Crippen LogP contribution in [0.25, 0.3) is 0 Å². The van der Waals surface area contributed by atoms with Crippen molar-refractivity contribution in [2.45, 2.75) is 32.7 Å². The summed E-state index contributed by atoms with van der Waals surface area (Å²) in [6.07, 6.45) is 4.85. The van der Waals surface area contributed by atoms with Crippen molar-refractivity contribution in [3.8, 4) is 0 Å². The normalized spacial score (nSPS) is 12.2. The SMILES string of the molecule is CCCC(C)N(C)C(=O)c1cncc(Cl)n1. The molecule has 0 saturated carbocycles. The second-order valence-corrected chi connectivity index (χ2v) is 4.17. The van der Waals surface area contributed by atoms with Gasteiger partial charge in [-0.3, -0.25) is 9.78 Å². The van der Waals surface area contributed by atoms with Gasteiger partial charge in [0.25, 0.3) is 5.91 Å². The number of halogens is 1. The molecule has 0 spiro atoms. The summed E-state index contributed by atoms with van der Waals surface area (Å²) in [7, 11) is 1.77. The molecule has 1 atom stereocenters. The molecule has 16 heavy (non-hydrogen) atoms. The number of carbonyl (C=O) groups excluding carboxylic acids is 1. The lowest BCUT2D eigenvalue weighted by molar-refractivity contribution is 0.0730. The van der Waals surface area contributed by atoms with Gasteiger partial charge >= 0.3 is 0 Å². The molecule has 1 aromatic heterocycles. The molecule has 88 valence electrons. The lowest BCUT2D eigenvalue weighted by Crippen LogP contribution is -2.35. The first-order valence-electron chi connectivity index (χ1n) is 5.31. The Morgan fingerprint density at radius 3 is 2.81 bits per heavy atom. The average molecular weight is 242 g/mol. The summed E-state index contributed by atoms with van der Waals surface area (Å²) in [5, 5.41) is 0.238. The molecule has 0 aliphatic heterocycles. The molecule has 1 unspecified atom stereocenters. The lowest BCUT2D eigenvalue weighted by Gasteiger charge is -2.24. The van der Waals surface area contributed by atoms with Crippen LogP contribution in [0.5, 0.6) is 0 Å². The second-order valence-electron chi connectivity index (χ2n) is 3.78. The van der Waals surface area contributed by atoms with Crippen LogP contribution in [0, 0.1) is 0 Å². The highest BCUT2D eigenvalue weighted by molar-refractivity contribution is 6.29. The lowest BCUT2D eigenvalue weighted by atomic mass is 10.1. The van der Waals surface area contributed by atoms with Crippen molar-refractivity contribution in [2.75, 3.05) is 7.05 Å². The minimum atomic E-state index is -0.143. The van der Waals surface area contributed by atoms with Gasteiger partial charge in [-0.2, -0.15) is 0 Å². The van der Waals surface area contributed by atoms with E-state index in [4.69, 9.17) is 11.6 Å². The van der Waals surface area contributed by atoms with Crippen LogP contribution >= 0.6 is 11.6 Å². The number of nitrogens with zero attached hydrogens (tertiary/aromatic N) is 3. The standard InChI is InChI=1S/C11H16ClN3O/c1-4-5-8(2)15(3)11(16)9-6-13-7-10(12)14-9/h6-8H,4-5H2,1-3H3. The Bertz CT molecular complexity index is 370. The smallest absolute Gasteiger partial charge is 0.274 e. The first-order valence-corrected chi connectivity index (χ1v) is 5.68. The van der Waals surface area contributed by atoms with Crippen molar-refractivity contribution in [2.24, 2.45) is 0 Å². The van der Waals surface area contributed by atoms with Gasteiger partial charge in [-0.15, -0.1) is 0 Å². The van der Waals surface area contributed by atoms with Gasteiger partial charge in [-0.25, -0.2) is 4.98 Å². The fraction of sp³-hybridized carbons (Fsp3) is 0.545. The maximum Gasteiger partial charge on any atom is 0.274 e. The Hall–Kier alpha value is -1.16. The van der Waals surface area contributed by atoms with E-state index in [1.54, 1.807) is 11.9 Å². The fourth-order valence-corrected chi connectivity index (χ4v) is 1.58. The van der Waals surface area contributed by atoms with Crippen molar-refractivity contribution >= 4 is 17.5 Å². The molecular weight excluding hydrogens is 226 g/mol. The first kappa shape index (κ1) is 12.9. The van der Waals surface area contributed by atoms with E-state index < -0.39 is 0 Å². The van der Waals surface area contributed by atoms with E-state index in [9.17, 15) is 4.79 Å². The number of amides is 1. The molecular formula is C11H16ClN3O. The third-order valence-electron chi connectivity index (χ3n) is 2.51. The molecule has 0 aliphatic carbocycles. The molecule has 5 heteroatoms. The van der Waals surface area contributed by atoms with Gasteiger partial charge in [0.2, 0.25) is 0 Å². The Morgan fingerprint density at radius 2 is 2.25 bits per heavy atom. The molecule has 0 radical (unpaired) electrons. The van der Waals surface area contributed by atoms with Gasteiger partial charge in [0.15, 0.2) is 0 Å². The zero-order valence-corrected chi connectivity index (χ0v) is 10.5.